The standard InChI is InChI=1S/C16H14ClNO/c17-10-11-4-3-6-13(8-11)16(19)15-9-12-5-1-2-7-14(12)18-15/h1-8,15,18H,9-10H2. The van der Waals surface area contributed by atoms with Crippen LogP contribution >= 0.6 is 11.6 Å². The van der Waals surface area contributed by atoms with E-state index in [1.165, 1.54) is 5.56 Å². The number of para-hydroxylation sites is 1. The summed E-state index contributed by atoms with van der Waals surface area (Å²) in [5, 5.41) is 3.29. The molecule has 0 radical (unpaired) electrons. The molecular formula is C16H14ClNO. The second-order valence-corrected chi connectivity index (χ2v) is 5.02. The molecule has 1 atom stereocenters. The van der Waals surface area contributed by atoms with Crippen LogP contribution in [0.15, 0.2) is 48.5 Å². The molecule has 0 saturated carbocycles. The first-order valence-corrected chi connectivity index (χ1v) is 6.85. The molecule has 1 heterocycles. The number of benzene rings is 2. The van der Waals surface area contributed by atoms with Crippen molar-refractivity contribution in [1.82, 2.24) is 0 Å². The average molecular weight is 272 g/mol. The predicted octanol–water partition coefficient (Wildman–Crippen LogP) is 3.64. The van der Waals surface area contributed by atoms with Gasteiger partial charge in [0.2, 0.25) is 0 Å². The normalized spacial score (nSPS) is 16.8. The van der Waals surface area contributed by atoms with E-state index in [4.69, 9.17) is 11.6 Å². The summed E-state index contributed by atoms with van der Waals surface area (Å²) in [6.45, 7) is 0. The molecule has 3 heteroatoms. The fourth-order valence-corrected chi connectivity index (χ4v) is 2.63. The number of ketones is 1. The Bertz CT molecular complexity index is 599. The number of rotatable bonds is 3. The van der Waals surface area contributed by atoms with Gasteiger partial charge in [-0.25, -0.2) is 0 Å². The summed E-state index contributed by atoms with van der Waals surface area (Å²) >= 11 is 5.81. The van der Waals surface area contributed by atoms with Gasteiger partial charge in [-0.15, -0.1) is 11.6 Å². The lowest BCUT2D eigenvalue weighted by Crippen LogP contribution is -2.27. The van der Waals surface area contributed by atoms with Gasteiger partial charge in [0.05, 0.1) is 6.04 Å². The van der Waals surface area contributed by atoms with Gasteiger partial charge < -0.3 is 5.32 Å². The Morgan fingerprint density at radius 2 is 2.05 bits per heavy atom. The third-order valence-electron chi connectivity index (χ3n) is 3.45. The summed E-state index contributed by atoms with van der Waals surface area (Å²) < 4.78 is 0. The van der Waals surface area contributed by atoms with Crippen molar-refractivity contribution in [2.45, 2.75) is 18.3 Å². The van der Waals surface area contributed by atoms with E-state index >= 15 is 0 Å². The van der Waals surface area contributed by atoms with Gasteiger partial charge in [-0.2, -0.15) is 0 Å². The molecule has 2 aromatic rings. The average Bonchev–Trinajstić information content (AvgIpc) is 2.90. The highest BCUT2D eigenvalue weighted by Gasteiger charge is 2.27. The van der Waals surface area contributed by atoms with Gasteiger partial charge in [-0.1, -0.05) is 36.4 Å². The summed E-state index contributed by atoms with van der Waals surface area (Å²) in [5.41, 5.74) is 3.97. The van der Waals surface area contributed by atoms with Gasteiger partial charge in [0.15, 0.2) is 5.78 Å². The van der Waals surface area contributed by atoms with E-state index in [-0.39, 0.29) is 11.8 Å². The van der Waals surface area contributed by atoms with Crippen molar-refractivity contribution < 1.29 is 4.79 Å². The number of carbonyl (C=O) groups is 1. The molecule has 0 amide bonds. The van der Waals surface area contributed by atoms with E-state index in [0.29, 0.717) is 5.88 Å². The first kappa shape index (κ1) is 12.2. The number of alkyl halides is 1. The zero-order valence-electron chi connectivity index (χ0n) is 10.4. The molecule has 2 aromatic carbocycles. The molecule has 0 saturated heterocycles. The van der Waals surface area contributed by atoms with Crippen molar-refractivity contribution in [2.75, 3.05) is 5.32 Å². The van der Waals surface area contributed by atoms with Crippen LogP contribution in [-0.4, -0.2) is 11.8 Å². The lowest BCUT2D eigenvalue weighted by Gasteiger charge is -2.10. The molecule has 1 aliphatic rings. The van der Waals surface area contributed by atoms with Crippen LogP contribution in [0, 0.1) is 0 Å². The number of fused-ring (bicyclic) bond motifs is 1. The van der Waals surface area contributed by atoms with Gasteiger partial charge in [-0.05, 0) is 23.3 Å². The van der Waals surface area contributed by atoms with Crippen LogP contribution < -0.4 is 5.32 Å². The van der Waals surface area contributed by atoms with E-state index < -0.39 is 0 Å². The van der Waals surface area contributed by atoms with Crippen LogP contribution in [-0.2, 0) is 12.3 Å². The monoisotopic (exact) mass is 271 g/mol. The maximum atomic E-state index is 12.5. The molecule has 1 aliphatic heterocycles. The molecule has 0 spiro atoms. The minimum absolute atomic E-state index is 0.128. The second-order valence-electron chi connectivity index (χ2n) is 4.76. The van der Waals surface area contributed by atoms with E-state index in [1.807, 2.05) is 42.5 Å². The van der Waals surface area contributed by atoms with Gasteiger partial charge in [-0.3, -0.25) is 4.79 Å². The summed E-state index contributed by atoms with van der Waals surface area (Å²) in [6.07, 6.45) is 0.750. The quantitative estimate of drug-likeness (QED) is 0.682. The molecule has 1 unspecified atom stereocenters. The zero-order valence-corrected chi connectivity index (χ0v) is 11.2. The molecule has 3 rings (SSSR count). The fourth-order valence-electron chi connectivity index (χ4n) is 2.46. The highest BCUT2D eigenvalue weighted by Crippen LogP contribution is 2.27. The maximum absolute atomic E-state index is 12.5. The SMILES string of the molecule is O=C(c1cccc(CCl)c1)C1Cc2ccccc2N1. The van der Waals surface area contributed by atoms with Crippen molar-refractivity contribution in [3.63, 3.8) is 0 Å². The van der Waals surface area contributed by atoms with E-state index in [0.717, 1.165) is 23.2 Å². The van der Waals surface area contributed by atoms with Crippen molar-refractivity contribution in [3.05, 3.63) is 65.2 Å². The summed E-state index contributed by atoms with van der Waals surface area (Å²) in [4.78, 5) is 12.5. The van der Waals surface area contributed by atoms with Crippen LogP contribution in [0.2, 0.25) is 0 Å². The zero-order chi connectivity index (χ0) is 13.2. The number of anilines is 1. The van der Waals surface area contributed by atoms with E-state index in [9.17, 15) is 4.79 Å². The van der Waals surface area contributed by atoms with E-state index in [2.05, 4.69) is 11.4 Å². The molecule has 0 bridgehead atoms. The Balaban J connectivity index is 1.83. The topological polar surface area (TPSA) is 29.1 Å². The number of carbonyl (C=O) groups excluding carboxylic acids is 1. The molecule has 0 fully saturated rings. The van der Waals surface area contributed by atoms with Crippen molar-refractivity contribution in [2.24, 2.45) is 0 Å². The smallest absolute Gasteiger partial charge is 0.185 e. The van der Waals surface area contributed by atoms with Crippen LogP contribution in [0.1, 0.15) is 21.5 Å². The Labute approximate surface area is 117 Å². The summed E-state index contributed by atoms with van der Waals surface area (Å²) in [6, 6.07) is 15.4. The Kier molecular flexibility index (Phi) is 3.26. The predicted molar refractivity (Wildman–Crippen MR) is 77.9 cm³/mol. The number of Topliss-reactive ketones (excluding diaryl/α,β-unsaturated/α-hetero) is 1. The largest absolute Gasteiger partial charge is 0.374 e. The van der Waals surface area contributed by atoms with E-state index in [1.54, 1.807) is 0 Å². The summed E-state index contributed by atoms with van der Waals surface area (Å²) in [5.74, 6) is 0.558. The number of halogens is 1. The van der Waals surface area contributed by atoms with Gasteiger partial charge >= 0.3 is 0 Å². The molecule has 19 heavy (non-hydrogen) atoms. The van der Waals surface area contributed by atoms with Crippen LogP contribution in [0.4, 0.5) is 5.69 Å². The maximum Gasteiger partial charge on any atom is 0.185 e. The molecule has 1 N–H and O–H groups in total. The van der Waals surface area contributed by atoms with Crippen molar-refractivity contribution in [3.8, 4) is 0 Å². The van der Waals surface area contributed by atoms with Crippen LogP contribution in [0.25, 0.3) is 0 Å². The molecule has 2 nitrogen and oxygen atoms in total. The lowest BCUT2D eigenvalue weighted by atomic mass is 10.00. The highest BCUT2D eigenvalue weighted by atomic mass is 35.5. The minimum Gasteiger partial charge on any atom is -0.374 e. The number of hydrogen-bond acceptors (Lipinski definition) is 2. The first-order valence-electron chi connectivity index (χ1n) is 6.31. The molecule has 96 valence electrons. The first-order chi connectivity index (χ1) is 9.28. The number of hydrogen-bond donors (Lipinski definition) is 1. The minimum atomic E-state index is -0.164. The molecule has 0 aliphatic carbocycles. The van der Waals surface area contributed by atoms with Crippen molar-refractivity contribution in [1.29, 1.82) is 0 Å². The van der Waals surface area contributed by atoms with Crippen molar-refractivity contribution >= 4 is 23.1 Å². The lowest BCUT2D eigenvalue weighted by molar-refractivity contribution is 0.0971. The van der Waals surface area contributed by atoms with Crippen LogP contribution in [0.3, 0.4) is 0 Å². The van der Waals surface area contributed by atoms with Gasteiger partial charge in [0, 0.05) is 23.6 Å². The fraction of sp³-hybridized carbons (Fsp3) is 0.188. The summed E-state index contributed by atoms with van der Waals surface area (Å²) in [7, 11) is 0. The highest BCUT2D eigenvalue weighted by molar-refractivity contribution is 6.17. The Morgan fingerprint density at radius 1 is 1.21 bits per heavy atom. The Hall–Kier alpha value is -1.80. The van der Waals surface area contributed by atoms with Gasteiger partial charge in [0.1, 0.15) is 0 Å². The van der Waals surface area contributed by atoms with Crippen LogP contribution in [0.5, 0.6) is 0 Å². The molecule has 0 aromatic heterocycles. The van der Waals surface area contributed by atoms with Gasteiger partial charge in [0.25, 0.3) is 0 Å². The number of nitrogens with one attached hydrogen (secondary N) is 1. The third-order valence-corrected chi connectivity index (χ3v) is 3.76. The molecular weight excluding hydrogens is 258 g/mol. The third kappa shape index (κ3) is 2.36. The second kappa shape index (κ2) is 5.06. The Morgan fingerprint density at radius 3 is 2.84 bits per heavy atom.